The van der Waals surface area contributed by atoms with E-state index in [1.807, 2.05) is 0 Å². The van der Waals surface area contributed by atoms with Crippen LogP contribution < -0.4 is 0 Å². The number of aliphatic hydroxyl groups is 3. The quantitative estimate of drug-likeness (QED) is 0.435. The fourth-order valence-corrected chi connectivity index (χ4v) is 1.30. The summed E-state index contributed by atoms with van der Waals surface area (Å²) in [5.74, 6) is -0.738. The normalized spacial score (nSPS) is 42.6. The van der Waals surface area contributed by atoms with Gasteiger partial charge in [-0.3, -0.25) is 0 Å². The molecular weight excluding hydrogens is 164 g/mol. The standard InChI is InChI=1S/C7H12O5/c8-2-4-5(10)1-7(11)12-6(4)3-9/h2,4-7,9-11H,1,3H2/t4-,5+,6+,7+/m0/s1. The molecule has 1 aliphatic rings. The molecule has 4 atom stereocenters. The van der Waals surface area contributed by atoms with Crippen LogP contribution in [0.1, 0.15) is 6.42 Å². The van der Waals surface area contributed by atoms with E-state index >= 15 is 0 Å². The number of carbonyl (C=O) groups excluding carboxylic acids is 1. The third-order valence-electron chi connectivity index (χ3n) is 1.99. The molecule has 0 aromatic rings. The van der Waals surface area contributed by atoms with Gasteiger partial charge < -0.3 is 24.9 Å². The molecule has 3 N–H and O–H groups in total. The highest BCUT2D eigenvalue weighted by molar-refractivity contribution is 5.55. The SMILES string of the molecule is O=C[C@H]1[C@H](O)C[C@H](O)O[C@@H]1CO. The molecule has 0 aromatic heterocycles. The summed E-state index contributed by atoms with van der Waals surface area (Å²) in [4.78, 5) is 10.4. The van der Waals surface area contributed by atoms with Crippen LogP contribution in [0.5, 0.6) is 0 Å². The van der Waals surface area contributed by atoms with Gasteiger partial charge in [-0.25, -0.2) is 0 Å². The number of rotatable bonds is 2. The number of aldehydes is 1. The van der Waals surface area contributed by atoms with E-state index in [0.717, 1.165) is 0 Å². The van der Waals surface area contributed by atoms with Crippen molar-refractivity contribution in [2.75, 3.05) is 6.61 Å². The first-order valence-electron chi connectivity index (χ1n) is 3.76. The summed E-state index contributed by atoms with van der Waals surface area (Å²) in [6.07, 6.45) is -2.25. The van der Waals surface area contributed by atoms with Crippen LogP contribution in [0.15, 0.2) is 0 Å². The van der Waals surface area contributed by atoms with Gasteiger partial charge in [-0.2, -0.15) is 0 Å². The zero-order valence-electron chi connectivity index (χ0n) is 6.46. The van der Waals surface area contributed by atoms with Crippen molar-refractivity contribution in [2.24, 2.45) is 5.92 Å². The Morgan fingerprint density at radius 1 is 1.50 bits per heavy atom. The molecule has 0 bridgehead atoms. The molecule has 1 rings (SSSR count). The highest BCUT2D eigenvalue weighted by atomic mass is 16.6. The average Bonchev–Trinajstić information content (AvgIpc) is 2.03. The first kappa shape index (κ1) is 9.60. The van der Waals surface area contributed by atoms with Crippen molar-refractivity contribution in [3.8, 4) is 0 Å². The number of aliphatic hydroxyl groups excluding tert-OH is 3. The van der Waals surface area contributed by atoms with Crippen LogP contribution in [0.2, 0.25) is 0 Å². The Kier molecular flexibility index (Phi) is 3.16. The Morgan fingerprint density at radius 2 is 2.17 bits per heavy atom. The van der Waals surface area contributed by atoms with Crippen LogP contribution in [0.4, 0.5) is 0 Å². The maximum absolute atomic E-state index is 10.4. The molecule has 0 amide bonds. The lowest BCUT2D eigenvalue weighted by Crippen LogP contribution is -2.46. The fraction of sp³-hybridized carbons (Fsp3) is 0.857. The number of hydrogen-bond acceptors (Lipinski definition) is 5. The molecule has 1 aliphatic heterocycles. The second-order valence-electron chi connectivity index (χ2n) is 2.83. The number of hydrogen-bond donors (Lipinski definition) is 3. The van der Waals surface area contributed by atoms with Crippen LogP contribution >= 0.6 is 0 Å². The van der Waals surface area contributed by atoms with Crippen molar-refractivity contribution >= 4 is 6.29 Å². The van der Waals surface area contributed by atoms with E-state index in [9.17, 15) is 9.90 Å². The molecule has 0 unspecified atom stereocenters. The Morgan fingerprint density at radius 3 is 2.67 bits per heavy atom. The molecule has 70 valence electrons. The van der Waals surface area contributed by atoms with E-state index in [4.69, 9.17) is 14.9 Å². The largest absolute Gasteiger partial charge is 0.394 e. The van der Waals surface area contributed by atoms with E-state index in [2.05, 4.69) is 0 Å². The van der Waals surface area contributed by atoms with Gasteiger partial charge in [-0.05, 0) is 0 Å². The molecular formula is C7H12O5. The zero-order valence-corrected chi connectivity index (χ0v) is 6.46. The molecule has 0 radical (unpaired) electrons. The molecule has 0 aliphatic carbocycles. The molecule has 12 heavy (non-hydrogen) atoms. The van der Waals surface area contributed by atoms with Crippen molar-refractivity contribution in [3.63, 3.8) is 0 Å². The predicted octanol–water partition coefficient (Wildman–Crippen LogP) is -1.74. The van der Waals surface area contributed by atoms with Gasteiger partial charge >= 0.3 is 0 Å². The lowest BCUT2D eigenvalue weighted by atomic mass is 9.92. The van der Waals surface area contributed by atoms with Crippen molar-refractivity contribution in [3.05, 3.63) is 0 Å². The smallest absolute Gasteiger partial charge is 0.157 e. The van der Waals surface area contributed by atoms with Gasteiger partial charge in [-0.1, -0.05) is 0 Å². The van der Waals surface area contributed by atoms with Crippen LogP contribution in [0.3, 0.4) is 0 Å². The van der Waals surface area contributed by atoms with E-state index < -0.39 is 24.4 Å². The van der Waals surface area contributed by atoms with E-state index in [1.54, 1.807) is 0 Å². The third kappa shape index (κ3) is 1.81. The van der Waals surface area contributed by atoms with Gasteiger partial charge in [0.05, 0.1) is 24.7 Å². The molecule has 0 spiro atoms. The van der Waals surface area contributed by atoms with Gasteiger partial charge in [0.25, 0.3) is 0 Å². The topological polar surface area (TPSA) is 87.0 Å². The van der Waals surface area contributed by atoms with E-state index in [1.165, 1.54) is 0 Å². The number of ether oxygens (including phenoxy) is 1. The summed E-state index contributed by atoms with van der Waals surface area (Å²) in [5, 5.41) is 27.0. The van der Waals surface area contributed by atoms with Crippen molar-refractivity contribution < 1.29 is 24.9 Å². The minimum Gasteiger partial charge on any atom is -0.394 e. The Bertz CT molecular complexity index is 160. The predicted molar refractivity (Wildman–Crippen MR) is 38.1 cm³/mol. The Hall–Kier alpha value is -0.490. The first-order valence-corrected chi connectivity index (χ1v) is 3.76. The summed E-state index contributed by atoms with van der Waals surface area (Å²) in [7, 11) is 0. The van der Waals surface area contributed by atoms with E-state index in [-0.39, 0.29) is 13.0 Å². The molecule has 1 heterocycles. The lowest BCUT2D eigenvalue weighted by Gasteiger charge is -2.33. The molecule has 5 heteroatoms. The minimum atomic E-state index is -1.09. The second-order valence-corrected chi connectivity index (χ2v) is 2.83. The summed E-state index contributed by atoms with van der Waals surface area (Å²) < 4.78 is 4.82. The van der Waals surface area contributed by atoms with Crippen molar-refractivity contribution in [2.45, 2.75) is 24.9 Å². The van der Waals surface area contributed by atoms with Crippen LogP contribution in [-0.2, 0) is 9.53 Å². The van der Waals surface area contributed by atoms with Gasteiger partial charge in [0.15, 0.2) is 6.29 Å². The maximum atomic E-state index is 10.4. The minimum absolute atomic E-state index is 0.0138. The van der Waals surface area contributed by atoms with Gasteiger partial charge in [0.1, 0.15) is 6.29 Å². The summed E-state index contributed by atoms with van der Waals surface area (Å²) in [6.45, 7) is -0.377. The molecule has 5 nitrogen and oxygen atoms in total. The summed E-state index contributed by atoms with van der Waals surface area (Å²) >= 11 is 0. The van der Waals surface area contributed by atoms with E-state index in [0.29, 0.717) is 6.29 Å². The first-order chi connectivity index (χ1) is 5.69. The average molecular weight is 176 g/mol. The second kappa shape index (κ2) is 3.95. The van der Waals surface area contributed by atoms with Crippen LogP contribution in [-0.4, -0.2) is 46.7 Å². The monoisotopic (exact) mass is 176 g/mol. The summed E-state index contributed by atoms with van der Waals surface area (Å²) in [6, 6.07) is 0. The highest BCUT2D eigenvalue weighted by Crippen LogP contribution is 2.22. The lowest BCUT2D eigenvalue weighted by molar-refractivity contribution is -0.217. The third-order valence-corrected chi connectivity index (χ3v) is 1.99. The zero-order chi connectivity index (χ0) is 9.14. The van der Waals surface area contributed by atoms with Gasteiger partial charge in [0, 0.05) is 6.42 Å². The van der Waals surface area contributed by atoms with Crippen LogP contribution in [0, 0.1) is 5.92 Å². The van der Waals surface area contributed by atoms with Gasteiger partial charge in [-0.15, -0.1) is 0 Å². The number of carbonyl (C=O) groups is 1. The fourth-order valence-electron chi connectivity index (χ4n) is 1.30. The maximum Gasteiger partial charge on any atom is 0.157 e. The molecule has 0 aromatic carbocycles. The van der Waals surface area contributed by atoms with Gasteiger partial charge in [0.2, 0.25) is 0 Å². The molecule has 1 saturated heterocycles. The molecule has 0 saturated carbocycles. The summed E-state index contributed by atoms with van der Waals surface area (Å²) in [5.41, 5.74) is 0. The highest BCUT2D eigenvalue weighted by Gasteiger charge is 2.36. The van der Waals surface area contributed by atoms with Crippen molar-refractivity contribution in [1.82, 2.24) is 0 Å². The Labute approximate surface area is 69.6 Å². The Balaban J connectivity index is 2.62. The molecule has 1 fully saturated rings. The van der Waals surface area contributed by atoms with Crippen LogP contribution in [0.25, 0.3) is 0 Å². The van der Waals surface area contributed by atoms with Crippen molar-refractivity contribution in [1.29, 1.82) is 0 Å².